The lowest BCUT2D eigenvalue weighted by Gasteiger charge is -2.28. The Morgan fingerprint density at radius 1 is 0.676 bits per heavy atom. The Balaban J connectivity index is 4.11. The van der Waals surface area contributed by atoms with Crippen molar-refractivity contribution in [3.8, 4) is 0 Å². The fraction of sp³-hybridized carbons (Fsp3) is 0.897. The molecule has 1 unspecified atom stereocenters. The zero-order valence-electron chi connectivity index (χ0n) is 23.6. The molecule has 0 aromatic heterocycles. The molecule has 5 heteroatoms. The standard InChI is InChI=1S/C29H56N2O3/c1-8-9-22-30-23-16-14-12-10-11-13-15-17-24(32)18-19-25(31-29(5,6)7)26(33)20-21-27(34)28(2,3)4/h25,30-31H,8-23H2,1-7H3. The van der Waals surface area contributed by atoms with Crippen LogP contribution in [-0.2, 0) is 14.4 Å². The summed E-state index contributed by atoms with van der Waals surface area (Å²) in [6, 6.07) is -0.367. The molecule has 0 aliphatic rings. The van der Waals surface area contributed by atoms with Gasteiger partial charge in [0.05, 0.1) is 6.04 Å². The first-order chi connectivity index (χ1) is 15.9. The van der Waals surface area contributed by atoms with Crippen LogP contribution in [0.25, 0.3) is 0 Å². The van der Waals surface area contributed by atoms with Gasteiger partial charge < -0.3 is 10.6 Å². The Morgan fingerprint density at radius 3 is 1.79 bits per heavy atom. The van der Waals surface area contributed by atoms with Crippen molar-refractivity contribution in [1.29, 1.82) is 0 Å². The average Bonchev–Trinajstić information content (AvgIpc) is 2.73. The minimum absolute atomic E-state index is 0.0425. The van der Waals surface area contributed by atoms with Crippen molar-refractivity contribution in [3.63, 3.8) is 0 Å². The van der Waals surface area contributed by atoms with Crippen molar-refractivity contribution in [2.45, 2.75) is 150 Å². The SMILES string of the molecule is CCCCNCCCCCCCCCC(=O)CCC(NC(C)(C)C)C(=O)CCC(=O)C(C)(C)C. The predicted molar refractivity (Wildman–Crippen MR) is 144 cm³/mol. The molecule has 1 atom stereocenters. The van der Waals surface area contributed by atoms with Gasteiger partial charge in [0.1, 0.15) is 17.3 Å². The Kier molecular flexibility index (Phi) is 17.7. The number of rotatable bonds is 21. The van der Waals surface area contributed by atoms with Crippen LogP contribution in [0.15, 0.2) is 0 Å². The molecule has 0 bridgehead atoms. The third-order valence-electron chi connectivity index (χ3n) is 6.16. The van der Waals surface area contributed by atoms with E-state index in [2.05, 4.69) is 17.6 Å². The van der Waals surface area contributed by atoms with Crippen LogP contribution in [0.1, 0.15) is 138 Å². The van der Waals surface area contributed by atoms with E-state index in [1.165, 1.54) is 44.9 Å². The maximum Gasteiger partial charge on any atom is 0.150 e. The molecule has 0 heterocycles. The van der Waals surface area contributed by atoms with Crippen LogP contribution >= 0.6 is 0 Å². The third-order valence-corrected chi connectivity index (χ3v) is 6.16. The lowest BCUT2D eigenvalue weighted by atomic mass is 9.87. The lowest BCUT2D eigenvalue weighted by molar-refractivity contribution is -0.130. The van der Waals surface area contributed by atoms with E-state index in [4.69, 9.17) is 0 Å². The first-order valence-electron chi connectivity index (χ1n) is 13.9. The number of hydrogen-bond donors (Lipinski definition) is 2. The first-order valence-corrected chi connectivity index (χ1v) is 13.9. The fourth-order valence-electron chi connectivity index (χ4n) is 3.94. The summed E-state index contributed by atoms with van der Waals surface area (Å²) in [4.78, 5) is 37.4. The Labute approximate surface area is 211 Å². The molecule has 0 amide bonds. The van der Waals surface area contributed by atoms with Gasteiger partial charge in [0.2, 0.25) is 0 Å². The topological polar surface area (TPSA) is 75.3 Å². The maximum absolute atomic E-state index is 12.8. The number of carbonyl (C=O) groups is 3. The molecule has 0 aromatic carbocycles. The van der Waals surface area contributed by atoms with Gasteiger partial charge in [0.15, 0.2) is 0 Å². The number of ketones is 3. The Bertz CT molecular complexity index is 573. The summed E-state index contributed by atoms with van der Waals surface area (Å²) in [5.74, 6) is 0.397. The maximum atomic E-state index is 12.8. The van der Waals surface area contributed by atoms with Gasteiger partial charge in [-0.1, -0.05) is 66.2 Å². The molecule has 0 aliphatic heterocycles. The van der Waals surface area contributed by atoms with E-state index in [1.54, 1.807) is 0 Å². The molecule has 2 N–H and O–H groups in total. The lowest BCUT2D eigenvalue weighted by Crippen LogP contribution is -2.48. The summed E-state index contributed by atoms with van der Waals surface area (Å²) >= 11 is 0. The van der Waals surface area contributed by atoms with E-state index < -0.39 is 5.41 Å². The summed E-state index contributed by atoms with van der Waals surface area (Å²) in [7, 11) is 0. The molecule has 0 saturated carbocycles. The Hall–Kier alpha value is -1.07. The first kappa shape index (κ1) is 32.9. The number of Topliss-reactive ketones (excluding diaryl/α,β-unsaturated/α-hetero) is 3. The summed E-state index contributed by atoms with van der Waals surface area (Å²) < 4.78 is 0. The van der Waals surface area contributed by atoms with Crippen LogP contribution in [0.3, 0.4) is 0 Å². The van der Waals surface area contributed by atoms with Crippen molar-refractivity contribution in [3.05, 3.63) is 0 Å². The van der Waals surface area contributed by atoms with E-state index in [0.717, 1.165) is 25.9 Å². The highest BCUT2D eigenvalue weighted by molar-refractivity contribution is 5.91. The molecule has 0 aliphatic carbocycles. The van der Waals surface area contributed by atoms with Gasteiger partial charge in [-0.05, 0) is 59.5 Å². The monoisotopic (exact) mass is 480 g/mol. The summed E-state index contributed by atoms with van der Waals surface area (Å²) in [5, 5.41) is 6.86. The highest BCUT2D eigenvalue weighted by atomic mass is 16.1. The van der Waals surface area contributed by atoms with Gasteiger partial charge in [-0.15, -0.1) is 0 Å². The average molecular weight is 481 g/mol. The molecular weight excluding hydrogens is 424 g/mol. The van der Waals surface area contributed by atoms with Crippen LogP contribution in [0.4, 0.5) is 0 Å². The quantitative estimate of drug-likeness (QED) is 0.182. The molecule has 0 rings (SSSR count). The van der Waals surface area contributed by atoms with Gasteiger partial charge >= 0.3 is 0 Å². The van der Waals surface area contributed by atoms with Crippen molar-refractivity contribution >= 4 is 17.3 Å². The number of nitrogens with one attached hydrogen (secondary N) is 2. The molecule has 34 heavy (non-hydrogen) atoms. The van der Waals surface area contributed by atoms with Crippen LogP contribution in [-0.4, -0.2) is 42.0 Å². The molecule has 0 radical (unpaired) electrons. The van der Waals surface area contributed by atoms with Crippen molar-refractivity contribution in [1.82, 2.24) is 10.6 Å². The fourth-order valence-corrected chi connectivity index (χ4v) is 3.94. The van der Waals surface area contributed by atoms with Crippen LogP contribution in [0.5, 0.6) is 0 Å². The summed E-state index contributed by atoms with van der Waals surface area (Å²) in [6.07, 6.45) is 12.9. The van der Waals surface area contributed by atoms with Crippen molar-refractivity contribution in [2.75, 3.05) is 13.1 Å². The van der Waals surface area contributed by atoms with Gasteiger partial charge in [0.25, 0.3) is 0 Å². The van der Waals surface area contributed by atoms with Gasteiger partial charge in [-0.2, -0.15) is 0 Å². The molecule has 0 aromatic rings. The zero-order valence-corrected chi connectivity index (χ0v) is 23.6. The second-order valence-electron chi connectivity index (χ2n) is 12.0. The molecular formula is C29H56N2O3. The highest BCUT2D eigenvalue weighted by Gasteiger charge is 2.27. The largest absolute Gasteiger partial charge is 0.317 e. The molecule has 200 valence electrons. The minimum Gasteiger partial charge on any atom is -0.317 e. The molecule has 0 saturated heterocycles. The summed E-state index contributed by atoms with van der Waals surface area (Å²) in [6.45, 7) is 16.2. The van der Waals surface area contributed by atoms with E-state index in [-0.39, 0.29) is 41.8 Å². The van der Waals surface area contributed by atoms with Crippen molar-refractivity contribution in [2.24, 2.45) is 5.41 Å². The molecule has 0 fully saturated rings. The number of unbranched alkanes of at least 4 members (excludes halogenated alkanes) is 7. The van der Waals surface area contributed by atoms with Gasteiger partial charge in [0, 0.05) is 36.6 Å². The van der Waals surface area contributed by atoms with E-state index in [9.17, 15) is 14.4 Å². The highest BCUT2D eigenvalue weighted by Crippen LogP contribution is 2.19. The number of hydrogen-bond acceptors (Lipinski definition) is 5. The Morgan fingerprint density at radius 2 is 1.24 bits per heavy atom. The van der Waals surface area contributed by atoms with E-state index in [0.29, 0.717) is 19.3 Å². The normalized spacial score (nSPS) is 13.1. The molecule has 0 spiro atoms. The van der Waals surface area contributed by atoms with E-state index >= 15 is 0 Å². The van der Waals surface area contributed by atoms with Crippen LogP contribution < -0.4 is 10.6 Å². The van der Waals surface area contributed by atoms with E-state index in [1.807, 2.05) is 41.5 Å². The summed E-state index contributed by atoms with van der Waals surface area (Å²) in [5.41, 5.74) is -0.641. The van der Waals surface area contributed by atoms with Crippen LogP contribution in [0, 0.1) is 5.41 Å². The predicted octanol–water partition coefficient (Wildman–Crippen LogP) is 6.57. The van der Waals surface area contributed by atoms with Crippen molar-refractivity contribution < 1.29 is 14.4 Å². The molecule has 5 nitrogen and oxygen atoms in total. The third kappa shape index (κ3) is 19.3. The number of carbonyl (C=O) groups excluding carboxylic acids is 3. The second-order valence-corrected chi connectivity index (χ2v) is 12.0. The smallest absolute Gasteiger partial charge is 0.150 e. The van der Waals surface area contributed by atoms with Crippen LogP contribution in [0.2, 0.25) is 0 Å². The van der Waals surface area contributed by atoms with Gasteiger partial charge in [-0.3, -0.25) is 14.4 Å². The zero-order chi connectivity index (χ0) is 26.0. The van der Waals surface area contributed by atoms with Gasteiger partial charge in [-0.25, -0.2) is 0 Å². The minimum atomic E-state index is -0.422. The second kappa shape index (κ2) is 18.2.